The van der Waals surface area contributed by atoms with Crippen LogP contribution in [0.4, 0.5) is 5.95 Å². The van der Waals surface area contributed by atoms with Gasteiger partial charge in [-0.15, -0.1) is 0 Å². The van der Waals surface area contributed by atoms with Crippen LogP contribution in [-0.4, -0.2) is 29.0 Å². The van der Waals surface area contributed by atoms with E-state index in [0.717, 1.165) is 45.2 Å². The molecule has 34 heavy (non-hydrogen) atoms. The normalized spacial score (nSPS) is 18.2. The summed E-state index contributed by atoms with van der Waals surface area (Å²) >= 11 is 6.41. The molecule has 0 spiro atoms. The van der Waals surface area contributed by atoms with Crippen molar-refractivity contribution in [2.45, 2.75) is 12.1 Å². The highest BCUT2D eigenvalue weighted by Gasteiger charge is 2.42. The second-order valence-electron chi connectivity index (χ2n) is 8.01. The Morgan fingerprint density at radius 3 is 2.41 bits per heavy atom. The molecule has 7 nitrogen and oxygen atoms in total. The molecular weight excluding hydrogens is 452 g/mol. The number of rotatable bonds is 4. The molecule has 0 fully saturated rings. The Hall–Kier alpha value is -3.97. The zero-order valence-corrected chi connectivity index (χ0v) is 19.3. The smallest absolute Gasteiger partial charge is 0.226 e. The lowest BCUT2D eigenvalue weighted by molar-refractivity contribution is 0.217. The second-order valence-corrected chi connectivity index (χ2v) is 8.44. The number of para-hydroxylation sites is 2. The highest BCUT2D eigenvalue weighted by atomic mass is 35.5. The molecule has 8 heteroatoms. The van der Waals surface area contributed by atoms with Gasteiger partial charge in [-0.2, -0.15) is 10.1 Å². The lowest BCUT2D eigenvalue weighted by Crippen LogP contribution is -2.32. The number of hydrogen-bond donors (Lipinski definition) is 1. The summed E-state index contributed by atoms with van der Waals surface area (Å²) in [6, 6.07) is 21.1. The molecule has 1 N–H and O–H groups in total. The summed E-state index contributed by atoms with van der Waals surface area (Å²) in [7, 11) is 3.33. The predicted octanol–water partition coefficient (Wildman–Crippen LogP) is 5.51. The Kier molecular flexibility index (Phi) is 4.92. The quantitative estimate of drug-likeness (QED) is 0.422. The number of methoxy groups -OCH3 is 2. The van der Waals surface area contributed by atoms with Gasteiger partial charge in [0.15, 0.2) is 6.10 Å². The van der Waals surface area contributed by atoms with Gasteiger partial charge in [0.1, 0.15) is 29.6 Å². The maximum atomic E-state index is 6.66. The lowest BCUT2D eigenvalue weighted by Gasteiger charge is -2.39. The fourth-order valence-electron chi connectivity index (χ4n) is 4.77. The van der Waals surface area contributed by atoms with Crippen LogP contribution in [0, 0.1) is 0 Å². The summed E-state index contributed by atoms with van der Waals surface area (Å²) in [5, 5.41) is 8.67. The van der Waals surface area contributed by atoms with Gasteiger partial charge in [0.2, 0.25) is 5.95 Å². The first kappa shape index (κ1) is 20.6. The molecule has 3 heterocycles. The molecule has 4 aromatic rings. The molecule has 0 aliphatic carbocycles. The molecule has 1 aromatic heterocycles. The maximum absolute atomic E-state index is 6.66. The fraction of sp³-hybridized carbons (Fsp3) is 0.154. The number of hydrogen-bond acceptors (Lipinski definition) is 6. The van der Waals surface area contributed by atoms with E-state index in [1.165, 1.54) is 0 Å². The average molecular weight is 473 g/mol. The van der Waals surface area contributed by atoms with Crippen LogP contribution in [-0.2, 0) is 0 Å². The molecule has 0 radical (unpaired) electrons. The van der Waals surface area contributed by atoms with Gasteiger partial charge in [0.05, 0.1) is 19.9 Å². The molecule has 6 rings (SSSR count). The van der Waals surface area contributed by atoms with E-state index < -0.39 is 6.10 Å². The van der Waals surface area contributed by atoms with Gasteiger partial charge >= 0.3 is 0 Å². The zero-order chi connectivity index (χ0) is 23.2. The van der Waals surface area contributed by atoms with Crippen LogP contribution in [0.25, 0.3) is 5.70 Å². The van der Waals surface area contributed by atoms with E-state index in [4.69, 9.17) is 25.8 Å². The van der Waals surface area contributed by atoms with Crippen molar-refractivity contribution in [2.24, 2.45) is 0 Å². The molecule has 2 aliphatic rings. The van der Waals surface area contributed by atoms with E-state index in [-0.39, 0.29) is 6.04 Å². The highest BCUT2D eigenvalue weighted by Crippen LogP contribution is 2.53. The third-order valence-corrected chi connectivity index (χ3v) is 6.47. The number of nitrogens with one attached hydrogen (secondary N) is 1. The lowest BCUT2D eigenvalue weighted by atomic mass is 9.84. The van der Waals surface area contributed by atoms with E-state index in [9.17, 15) is 0 Å². The number of fused-ring (bicyclic) bond motifs is 3. The molecular formula is C26H21ClN4O3. The number of ether oxygens (including phenoxy) is 3. The van der Waals surface area contributed by atoms with Crippen molar-refractivity contribution in [3.05, 3.63) is 100 Å². The first-order valence-corrected chi connectivity index (χ1v) is 11.2. The summed E-state index contributed by atoms with van der Waals surface area (Å²) < 4.78 is 20.0. The number of aromatic nitrogens is 3. The van der Waals surface area contributed by atoms with Crippen molar-refractivity contribution in [2.75, 3.05) is 19.5 Å². The Morgan fingerprint density at radius 1 is 0.941 bits per heavy atom. The third kappa shape index (κ3) is 3.12. The monoisotopic (exact) mass is 472 g/mol. The van der Waals surface area contributed by atoms with Crippen LogP contribution < -0.4 is 19.5 Å². The van der Waals surface area contributed by atoms with Gasteiger partial charge in [0.25, 0.3) is 0 Å². The number of benzene rings is 3. The van der Waals surface area contributed by atoms with Crippen molar-refractivity contribution in [1.82, 2.24) is 14.8 Å². The second kappa shape index (κ2) is 8.11. The summed E-state index contributed by atoms with van der Waals surface area (Å²) in [6.45, 7) is 0. The summed E-state index contributed by atoms with van der Waals surface area (Å²) in [4.78, 5) is 4.47. The van der Waals surface area contributed by atoms with Gasteiger partial charge in [-0.3, -0.25) is 0 Å². The predicted molar refractivity (Wildman–Crippen MR) is 130 cm³/mol. The molecule has 0 bridgehead atoms. The van der Waals surface area contributed by atoms with Crippen LogP contribution >= 0.6 is 11.6 Å². The zero-order valence-electron chi connectivity index (χ0n) is 18.5. The number of anilines is 1. The topological polar surface area (TPSA) is 70.4 Å². The number of halogens is 1. The Morgan fingerprint density at radius 2 is 1.65 bits per heavy atom. The number of nitrogens with zero attached hydrogens (tertiary/aromatic N) is 3. The maximum Gasteiger partial charge on any atom is 0.226 e. The molecule has 0 unspecified atom stereocenters. The van der Waals surface area contributed by atoms with Crippen LogP contribution in [0.2, 0.25) is 5.02 Å². The Labute approximate surface area is 201 Å². The summed E-state index contributed by atoms with van der Waals surface area (Å²) in [6.07, 6.45) is 1.08. The summed E-state index contributed by atoms with van der Waals surface area (Å²) in [5.74, 6) is 2.83. The van der Waals surface area contributed by atoms with Gasteiger partial charge in [-0.25, -0.2) is 4.68 Å². The average Bonchev–Trinajstić information content (AvgIpc) is 3.35. The molecule has 0 saturated carbocycles. The van der Waals surface area contributed by atoms with Crippen molar-refractivity contribution in [1.29, 1.82) is 0 Å². The van der Waals surface area contributed by atoms with E-state index >= 15 is 0 Å². The van der Waals surface area contributed by atoms with E-state index in [2.05, 4.69) is 15.4 Å². The van der Waals surface area contributed by atoms with Crippen molar-refractivity contribution >= 4 is 23.2 Å². The van der Waals surface area contributed by atoms with E-state index in [1.54, 1.807) is 20.5 Å². The van der Waals surface area contributed by atoms with Gasteiger partial charge in [0, 0.05) is 27.3 Å². The largest absolute Gasteiger partial charge is 0.496 e. The minimum Gasteiger partial charge on any atom is -0.496 e. The molecule has 2 atom stereocenters. The van der Waals surface area contributed by atoms with E-state index in [1.807, 2.05) is 71.4 Å². The van der Waals surface area contributed by atoms with Crippen LogP contribution in [0.15, 0.2) is 78.6 Å². The molecule has 2 aliphatic heterocycles. The van der Waals surface area contributed by atoms with Crippen molar-refractivity contribution in [3.63, 3.8) is 0 Å². The van der Waals surface area contributed by atoms with Crippen LogP contribution in [0.5, 0.6) is 17.2 Å². The SMILES string of the molecule is COc1ccccc1[C@@H]1Oc2ccc(Cl)cc2C2=C1[C@H](c1ccccc1OC)n1ncnc1N2. The first-order chi connectivity index (χ1) is 16.7. The summed E-state index contributed by atoms with van der Waals surface area (Å²) in [5.41, 5.74) is 4.56. The Balaban J connectivity index is 1.67. The van der Waals surface area contributed by atoms with Crippen LogP contribution in [0.3, 0.4) is 0 Å². The first-order valence-electron chi connectivity index (χ1n) is 10.8. The highest BCUT2D eigenvalue weighted by molar-refractivity contribution is 6.30. The molecule has 0 amide bonds. The standard InChI is InChI=1S/C26H21ClN4O3/c1-32-19-9-5-3-7-16(19)24-22-23(30-26-28-14-29-31(24)26)18-13-15(27)11-12-21(18)34-25(22)17-8-4-6-10-20(17)33-2/h3-14,24-25H,1-2H3,(H,28,29,30)/t24-,25-/m0/s1. The van der Waals surface area contributed by atoms with Gasteiger partial charge < -0.3 is 19.5 Å². The van der Waals surface area contributed by atoms with Gasteiger partial charge in [-0.1, -0.05) is 48.0 Å². The fourth-order valence-corrected chi connectivity index (χ4v) is 4.95. The van der Waals surface area contributed by atoms with E-state index in [0.29, 0.717) is 11.0 Å². The van der Waals surface area contributed by atoms with Crippen LogP contribution in [0.1, 0.15) is 28.8 Å². The van der Waals surface area contributed by atoms with Gasteiger partial charge in [-0.05, 0) is 30.3 Å². The van der Waals surface area contributed by atoms with Crippen molar-refractivity contribution < 1.29 is 14.2 Å². The van der Waals surface area contributed by atoms with Crippen molar-refractivity contribution in [3.8, 4) is 17.2 Å². The molecule has 170 valence electrons. The Bertz CT molecular complexity index is 1430. The minimum atomic E-state index is -0.459. The molecule has 0 saturated heterocycles. The minimum absolute atomic E-state index is 0.341. The molecule has 3 aromatic carbocycles. The third-order valence-electron chi connectivity index (χ3n) is 6.23.